The molecule has 150 valence electrons. The standard InChI is InChI=1S/C23H23NO5/c1-3-4-5-7-15-10-12-16(13-11-15)22(26)24-18-9-6-8-17-19(25)14-20(23(27)28-2)29-21(17)18/h6,8-14H,3-5,7H2,1-2H3,(H,24,26). The minimum atomic E-state index is -0.760. The van der Waals surface area contributed by atoms with E-state index in [-0.39, 0.29) is 28.1 Å². The van der Waals surface area contributed by atoms with E-state index in [0.717, 1.165) is 18.9 Å². The summed E-state index contributed by atoms with van der Waals surface area (Å²) < 4.78 is 10.2. The molecule has 0 unspecified atom stereocenters. The number of amides is 1. The number of fused-ring (bicyclic) bond motifs is 1. The summed E-state index contributed by atoms with van der Waals surface area (Å²) >= 11 is 0. The van der Waals surface area contributed by atoms with Gasteiger partial charge in [0, 0.05) is 11.6 Å². The maximum absolute atomic E-state index is 12.7. The highest BCUT2D eigenvalue weighted by Crippen LogP contribution is 2.23. The molecule has 0 radical (unpaired) electrons. The van der Waals surface area contributed by atoms with Gasteiger partial charge >= 0.3 is 5.97 Å². The monoisotopic (exact) mass is 393 g/mol. The van der Waals surface area contributed by atoms with Crippen molar-refractivity contribution in [3.05, 3.63) is 75.6 Å². The zero-order valence-corrected chi connectivity index (χ0v) is 16.5. The molecule has 1 aromatic heterocycles. The number of para-hydroxylation sites is 1. The maximum Gasteiger partial charge on any atom is 0.374 e. The van der Waals surface area contributed by atoms with Crippen LogP contribution in [0.3, 0.4) is 0 Å². The average Bonchev–Trinajstić information content (AvgIpc) is 2.74. The van der Waals surface area contributed by atoms with Crippen molar-refractivity contribution in [1.29, 1.82) is 0 Å². The third kappa shape index (κ3) is 4.71. The van der Waals surface area contributed by atoms with Crippen molar-refractivity contribution in [2.24, 2.45) is 0 Å². The van der Waals surface area contributed by atoms with Gasteiger partial charge in [-0.25, -0.2) is 4.79 Å². The maximum atomic E-state index is 12.7. The number of nitrogens with one attached hydrogen (secondary N) is 1. The van der Waals surface area contributed by atoms with Crippen LogP contribution >= 0.6 is 0 Å². The van der Waals surface area contributed by atoms with Crippen LogP contribution in [-0.2, 0) is 11.2 Å². The van der Waals surface area contributed by atoms with Crippen molar-refractivity contribution in [2.75, 3.05) is 12.4 Å². The van der Waals surface area contributed by atoms with E-state index in [1.807, 2.05) is 12.1 Å². The number of hydrogen-bond donors (Lipinski definition) is 1. The van der Waals surface area contributed by atoms with Gasteiger partial charge in [-0.1, -0.05) is 38.0 Å². The van der Waals surface area contributed by atoms with E-state index >= 15 is 0 Å². The predicted octanol–water partition coefficient (Wildman–Crippen LogP) is 4.56. The van der Waals surface area contributed by atoms with Gasteiger partial charge in [-0.2, -0.15) is 0 Å². The topological polar surface area (TPSA) is 85.6 Å². The first kappa shape index (κ1) is 20.3. The third-order valence-corrected chi connectivity index (χ3v) is 4.67. The third-order valence-electron chi connectivity index (χ3n) is 4.67. The van der Waals surface area contributed by atoms with E-state index in [1.165, 1.54) is 25.5 Å². The Bertz CT molecular complexity index is 1080. The number of benzene rings is 2. The minimum absolute atomic E-state index is 0.130. The van der Waals surface area contributed by atoms with Crippen molar-refractivity contribution in [1.82, 2.24) is 0 Å². The van der Waals surface area contributed by atoms with Gasteiger partial charge in [0.1, 0.15) is 0 Å². The van der Waals surface area contributed by atoms with Gasteiger partial charge in [-0.15, -0.1) is 0 Å². The van der Waals surface area contributed by atoms with Gasteiger partial charge in [0.2, 0.25) is 5.76 Å². The number of esters is 1. The highest BCUT2D eigenvalue weighted by atomic mass is 16.5. The van der Waals surface area contributed by atoms with Crippen molar-refractivity contribution in [3.63, 3.8) is 0 Å². The Hall–Kier alpha value is -3.41. The van der Waals surface area contributed by atoms with Crippen molar-refractivity contribution < 1.29 is 18.7 Å². The van der Waals surface area contributed by atoms with Crippen LogP contribution in [0.4, 0.5) is 5.69 Å². The molecule has 1 heterocycles. The van der Waals surface area contributed by atoms with Crippen LogP contribution in [0.2, 0.25) is 0 Å². The van der Waals surface area contributed by atoms with Crippen LogP contribution < -0.4 is 10.7 Å². The Morgan fingerprint density at radius 3 is 2.52 bits per heavy atom. The van der Waals surface area contributed by atoms with Gasteiger partial charge in [-0.05, 0) is 42.7 Å². The second-order valence-electron chi connectivity index (χ2n) is 6.76. The molecule has 0 bridgehead atoms. The number of methoxy groups -OCH3 is 1. The predicted molar refractivity (Wildman–Crippen MR) is 111 cm³/mol. The lowest BCUT2D eigenvalue weighted by molar-refractivity contribution is 0.0565. The first-order valence-electron chi connectivity index (χ1n) is 9.59. The molecule has 2 aromatic carbocycles. The number of hydrogen-bond acceptors (Lipinski definition) is 5. The molecule has 6 heteroatoms. The van der Waals surface area contributed by atoms with Gasteiger partial charge in [0.05, 0.1) is 18.2 Å². The molecule has 0 saturated carbocycles. The number of anilines is 1. The fourth-order valence-electron chi connectivity index (χ4n) is 3.07. The molecule has 3 rings (SSSR count). The molecule has 0 aliphatic rings. The summed E-state index contributed by atoms with van der Waals surface area (Å²) in [7, 11) is 1.20. The number of carbonyl (C=O) groups is 2. The molecule has 6 nitrogen and oxygen atoms in total. The number of aryl methyl sites for hydroxylation is 1. The second kappa shape index (κ2) is 9.19. The van der Waals surface area contributed by atoms with Crippen molar-refractivity contribution in [2.45, 2.75) is 32.6 Å². The van der Waals surface area contributed by atoms with Gasteiger partial charge in [-0.3, -0.25) is 9.59 Å². The van der Waals surface area contributed by atoms with Crippen LogP contribution in [0.5, 0.6) is 0 Å². The molecule has 0 aliphatic heterocycles. The zero-order chi connectivity index (χ0) is 20.8. The van der Waals surface area contributed by atoms with E-state index < -0.39 is 5.97 Å². The normalized spacial score (nSPS) is 10.7. The van der Waals surface area contributed by atoms with Crippen LogP contribution in [0, 0.1) is 0 Å². The molecule has 1 N–H and O–H groups in total. The molecule has 0 spiro atoms. The first-order chi connectivity index (χ1) is 14.0. The van der Waals surface area contributed by atoms with Crippen LogP contribution in [-0.4, -0.2) is 19.0 Å². The fourth-order valence-corrected chi connectivity index (χ4v) is 3.07. The first-order valence-corrected chi connectivity index (χ1v) is 9.59. The number of carbonyl (C=O) groups excluding carboxylic acids is 2. The summed E-state index contributed by atoms with van der Waals surface area (Å²) in [6.07, 6.45) is 4.46. The number of ether oxygens (including phenoxy) is 1. The van der Waals surface area contributed by atoms with Crippen LogP contribution in [0.25, 0.3) is 11.0 Å². The van der Waals surface area contributed by atoms with E-state index in [4.69, 9.17) is 4.42 Å². The molecule has 3 aromatic rings. The van der Waals surface area contributed by atoms with E-state index in [0.29, 0.717) is 11.3 Å². The van der Waals surface area contributed by atoms with Crippen molar-refractivity contribution in [3.8, 4) is 0 Å². The highest BCUT2D eigenvalue weighted by molar-refractivity contribution is 6.08. The molecule has 29 heavy (non-hydrogen) atoms. The summed E-state index contributed by atoms with van der Waals surface area (Å²) in [5.74, 6) is -1.31. The smallest absolute Gasteiger partial charge is 0.374 e. The molecule has 0 aliphatic carbocycles. The summed E-state index contributed by atoms with van der Waals surface area (Å²) in [5.41, 5.74) is 1.73. The molecule has 0 atom stereocenters. The quantitative estimate of drug-likeness (QED) is 0.470. The molecular weight excluding hydrogens is 370 g/mol. The number of rotatable bonds is 7. The van der Waals surface area contributed by atoms with Gasteiger partial charge in [0.15, 0.2) is 11.0 Å². The summed E-state index contributed by atoms with van der Waals surface area (Å²) in [4.78, 5) is 36.7. The SMILES string of the molecule is CCCCCc1ccc(C(=O)Nc2cccc3c(=O)cc(C(=O)OC)oc23)cc1. The van der Waals surface area contributed by atoms with Crippen LogP contribution in [0.15, 0.2) is 57.7 Å². The average molecular weight is 393 g/mol. The van der Waals surface area contributed by atoms with E-state index in [1.54, 1.807) is 30.3 Å². The minimum Gasteiger partial charge on any atom is -0.463 e. The van der Waals surface area contributed by atoms with E-state index in [2.05, 4.69) is 17.0 Å². The Morgan fingerprint density at radius 1 is 1.07 bits per heavy atom. The second-order valence-corrected chi connectivity index (χ2v) is 6.76. The molecule has 0 saturated heterocycles. The lowest BCUT2D eigenvalue weighted by Crippen LogP contribution is -2.14. The summed E-state index contributed by atoms with van der Waals surface area (Å²) in [6, 6.07) is 13.4. The Morgan fingerprint density at radius 2 is 1.83 bits per heavy atom. The van der Waals surface area contributed by atoms with Crippen LogP contribution in [0.1, 0.15) is 52.7 Å². The summed E-state index contributed by atoms with van der Waals surface area (Å²) in [6.45, 7) is 2.16. The molecule has 0 fully saturated rings. The summed E-state index contributed by atoms with van der Waals surface area (Å²) in [5, 5.41) is 3.03. The van der Waals surface area contributed by atoms with E-state index in [9.17, 15) is 14.4 Å². The largest absolute Gasteiger partial charge is 0.463 e. The number of unbranched alkanes of at least 4 members (excludes halogenated alkanes) is 2. The molecular formula is C23H23NO5. The Kier molecular flexibility index (Phi) is 6.44. The lowest BCUT2D eigenvalue weighted by Gasteiger charge is -2.09. The van der Waals surface area contributed by atoms with Gasteiger partial charge in [0.25, 0.3) is 5.91 Å². The fraction of sp³-hybridized carbons (Fsp3) is 0.261. The molecule has 1 amide bonds. The zero-order valence-electron chi connectivity index (χ0n) is 16.5. The Balaban J connectivity index is 1.85. The lowest BCUT2D eigenvalue weighted by atomic mass is 10.0. The Labute approximate surface area is 168 Å². The van der Waals surface area contributed by atoms with Crippen molar-refractivity contribution >= 4 is 28.5 Å². The highest BCUT2D eigenvalue weighted by Gasteiger charge is 2.16. The van der Waals surface area contributed by atoms with Gasteiger partial charge < -0.3 is 14.5 Å².